The Bertz CT molecular complexity index is 3010. The first-order chi connectivity index (χ1) is 34.7. The van der Waals surface area contributed by atoms with Crippen LogP contribution in [0, 0.1) is 0 Å². The second-order valence-corrected chi connectivity index (χ2v) is 18.6. The van der Waals surface area contributed by atoms with Crippen LogP contribution in [0.1, 0.15) is 94.0 Å². The van der Waals surface area contributed by atoms with Gasteiger partial charge in [0.25, 0.3) is 0 Å². The lowest BCUT2D eigenvalue weighted by Gasteiger charge is -2.38. The highest BCUT2D eigenvalue weighted by Gasteiger charge is 2.43. The number of anilines is 1. The molecule has 0 spiro atoms. The average molecular weight is 912 g/mol. The summed E-state index contributed by atoms with van der Waals surface area (Å²) in [6.07, 6.45) is 5.35. The molecule has 1 aliphatic carbocycles. The molecule has 1 atom stereocenters. The molecule has 0 amide bonds. The van der Waals surface area contributed by atoms with Gasteiger partial charge in [-0.05, 0) is 94.2 Å². The molecule has 0 saturated heterocycles. The SMILES string of the molecule is c1ccc(C2CCC(OCCC(c3ccccc3)c3cc(NC(c4ccccc4)(c4ccccc4)c4ccccc4)nc4c3nnn4C(c3ccccc3)(c3ccccc3)c3ccccc3)CC2)cc1. The summed E-state index contributed by atoms with van der Waals surface area (Å²) in [7, 11) is 0. The topological polar surface area (TPSA) is 64.9 Å². The number of hydrogen-bond donors (Lipinski definition) is 1. The highest BCUT2D eigenvalue weighted by Crippen LogP contribution is 2.45. The van der Waals surface area contributed by atoms with Gasteiger partial charge in [0, 0.05) is 12.5 Å². The van der Waals surface area contributed by atoms with E-state index in [2.05, 4.69) is 259 Å². The number of nitrogens with one attached hydrogen (secondary N) is 1. The maximum absolute atomic E-state index is 6.90. The van der Waals surface area contributed by atoms with Gasteiger partial charge in [0.15, 0.2) is 5.65 Å². The fraction of sp³-hybridized carbons (Fsp3) is 0.172. The maximum atomic E-state index is 6.90. The Labute approximate surface area is 411 Å². The predicted molar refractivity (Wildman–Crippen MR) is 283 cm³/mol. The summed E-state index contributed by atoms with van der Waals surface area (Å²) in [6.45, 7) is 0.602. The van der Waals surface area contributed by atoms with Gasteiger partial charge in [-0.1, -0.05) is 248 Å². The van der Waals surface area contributed by atoms with Crippen LogP contribution in [0.5, 0.6) is 0 Å². The van der Waals surface area contributed by atoms with Crippen LogP contribution >= 0.6 is 0 Å². The third-order valence-electron chi connectivity index (χ3n) is 14.5. The number of nitrogens with zero attached hydrogens (tertiary/aromatic N) is 4. The summed E-state index contributed by atoms with van der Waals surface area (Å²) >= 11 is 0. The van der Waals surface area contributed by atoms with E-state index in [-0.39, 0.29) is 12.0 Å². The summed E-state index contributed by atoms with van der Waals surface area (Å²) in [5, 5.41) is 14.7. The number of fused-ring (bicyclic) bond motifs is 1. The van der Waals surface area contributed by atoms with Gasteiger partial charge < -0.3 is 10.1 Å². The van der Waals surface area contributed by atoms with E-state index in [1.807, 2.05) is 0 Å². The van der Waals surface area contributed by atoms with Crippen molar-refractivity contribution in [1.82, 2.24) is 20.0 Å². The summed E-state index contributed by atoms with van der Waals surface area (Å²) in [6, 6.07) is 88.3. The fourth-order valence-electron chi connectivity index (χ4n) is 11.2. The molecule has 0 bridgehead atoms. The molecule has 11 rings (SSSR count). The van der Waals surface area contributed by atoms with Crippen molar-refractivity contribution in [2.75, 3.05) is 11.9 Å². The van der Waals surface area contributed by atoms with Gasteiger partial charge >= 0.3 is 0 Å². The van der Waals surface area contributed by atoms with Crippen molar-refractivity contribution in [2.45, 2.75) is 61.1 Å². The molecule has 8 aromatic carbocycles. The Hall–Kier alpha value is -7.93. The molecule has 1 unspecified atom stereocenters. The average Bonchev–Trinajstić information content (AvgIpc) is 3.88. The van der Waals surface area contributed by atoms with Crippen LogP contribution in [0.4, 0.5) is 5.82 Å². The van der Waals surface area contributed by atoms with Gasteiger partial charge in [0.2, 0.25) is 0 Å². The van der Waals surface area contributed by atoms with E-state index in [4.69, 9.17) is 20.0 Å². The van der Waals surface area contributed by atoms with Crippen LogP contribution in [0.15, 0.2) is 249 Å². The maximum Gasteiger partial charge on any atom is 0.182 e. The Morgan fingerprint density at radius 3 is 1.37 bits per heavy atom. The van der Waals surface area contributed by atoms with Crippen LogP contribution in [-0.2, 0) is 15.8 Å². The molecule has 1 aliphatic rings. The van der Waals surface area contributed by atoms with Crippen molar-refractivity contribution >= 4 is 17.0 Å². The summed E-state index contributed by atoms with van der Waals surface area (Å²) in [4.78, 5) is 5.76. The molecule has 2 heterocycles. The number of aromatic nitrogens is 4. The van der Waals surface area contributed by atoms with Crippen molar-refractivity contribution in [3.63, 3.8) is 0 Å². The predicted octanol–water partition coefficient (Wildman–Crippen LogP) is 14.3. The smallest absolute Gasteiger partial charge is 0.182 e. The van der Waals surface area contributed by atoms with E-state index in [9.17, 15) is 0 Å². The van der Waals surface area contributed by atoms with E-state index >= 15 is 0 Å². The van der Waals surface area contributed by atoms with Crippen LogP contribution in [0.2, 0.25) is 0 Å². The lowest BCUT2D eigenvalue weighted by atomic mass is 9.76. The number of hydrogen-bond acceptors (Lipinski definition) is 5. The summed E-state index contributed by atoms with van der Waals surface area (Å²) < 4.78 is 8.98. The van der Waals surface area contributed by atoms with Gasteiger partial charge in [-0.3, -0.25) is 0 Å². The highest BCUT2D eigenvalue weighted by atomic mass is 16.5. The minimum Gasteiger partial charge on any atom is -0.378 e. The standard InChI is InChI=1S/C64H57N5O/c1-9-25-48(26-10-1)49-41-43-57(44-42-49)70-46-45-58(50-27-11-2-12-28-50)59-47-60(66-63(51-29-13-3-14-30-51,52-31-15-4-16-32-52)53-33-17-5-18-34-53)65-62-61(59)67-68-69(62)64(54-35-19-6-20-36-54,55-37-21-7-22-38-55)56-39-23-8-24-40-56/h1-40,47,49,57-58H,41-46H2,(H,65,66). The molecule has 6 heteroatoms. The van der Waals surface area contributed by atoms with Crippen LogP contribution in [-0.4, -0.2) is 32.7 Å². The van der Waals surface area contributed by atoms with Gasteiger partial charge in [-0.15, -0.1) is 5.10 Å². The fourth-order valence-corrected chi connectivity index (χ4v) is 11.2. The lowest BCUT2D eigenvalue weighted by Crippen LogP contribution is -2.39. The summed E-state index contributed by atoms with van der Waals surface area (Å²) in [5.74, 6) is 1.19. The van der Waals surface area contributed by atoms with E-state index < -0.39 is 11.1 Å². The third-order valence-corrected chi connectivity index (χ3v) is 14.5. The van der Waals surface area contributed by atoms with E-state index in [0.29, 0.717) is 24.0 Å². The van der Waals surface area contributed by atoms with Crippen molar-refractivity contribution in [2.24, 2.45) is 0 Å². The second kappa shape index (κ2) is 20.3. The normalized spacial score (nSPS) is 15.6. The number of benzene rings is 8. The largest absolute Gasteiger partial charge is 0.378 e. The first-order valence-corrected chi connectivity index (χ1v) is 24.8. The van der Waals surface area contributed by atoms with Crippen LogP contribution < -0.4 is 5.32 Å². The Kier molecular flexibility index (Phi) is 13.0. The van der Waals surface area contributed by atoms with Crippen molar-refractivity contribution in [3.8, 4) is 0 Å². The molecule has 1 fully saturated rings. The molecule has 70 heavy (non-hydrogen) atoms. The van der Waals surface area contributed by atoms with Gasteiger partial charge in [0.1, 0.15) is 22.4 Å². The molecule has 10 aromatic rings. The lowest BCUT2D eigenvalue weighted by molar-refractivity contribution is 0.0221. The molecular weight excluding hydrogens is 855 g/mol. The van der Waals surface area contributed by atoms with Gasteiger partial charge in [-0.2, -0.15) is 0 Å². The number of rotatable bonds is 16. The Balaban J connectivity index is 1.12. The van der Waals surface area contributed by atoms with Gasteiger partial charge in [-0.25, -0.2) is 9.67 Å². The minimum absolute atomic E-state index is 0.0998. The van der Waals surface area contributed by atoms with Crippen LogP contribution in [0.3, 0.4) is 0 Å². The number of ether oxygens (including phenoxy) is 1. The summed E-state index contributed by atoms with van der Waals surface area (Å²) in [5.41, 5.74) is 9.67. The van der Waals surface area contributed by atoms with Crippen molar-refractivity contribution < 1.29 is 4.74 Å². The zero-order valence-corrected chi connectivity index (χ0v) is 39.3. The zero-order chi connectivity index (χ0) is 47.0. The van der Waals surface area contributed by atoms with Gasteiger partial charge in [0.05, 0.1) is 6.10 Å². The zero-order valence-electron chi connectivity index (χ0n) is 39.3. The van der Waals surface area contributed by atoms with Crippen LogP contribution in [0.25, 0.3) is 11.2 Å². The first-order valence-electron chi connectivity index (χ1n) is 24.8. The molecule has 0 radical (unpaired) electrons. The monoisotopic (exact) mass is 911 g/mol. The molecule has 1 N–H and O–H groups in total. The van der Waals surface area contributed by atoms with E-state index in [0.717, 1.165) is 76.6 Å². The quantitative estimate of drug-likeness (QED) is 0.0979. The first kappa shape index (κ1) is 44.6. The van der Waals surface area contributed by atoms with E-state index in [1.165, 1.54) is 11.1 Å². The third kappa shape index (κ3) is 8.61. The number of pyridine rings is 1. The Morgan fingerprint density at radius 1 is 0.500 bits per heavy atom. The molecule has 6 nitrogen and oxygen atoms in total. The molecule has 344 valence electrons. The minimum atomic E-state index is -0.958. The molecule has 0 aliphatic heterocycles. The molecule has 1 saturated carbocycles. The Morgan fingerprint density at radius 2 is 0.914 bits per heavy atom. The highest BCUT2D eigenvalue weighted by molar-refractivity contribution is 5.80. The van der Waals surface area contributed by atoms with Crippen molar-refractivity contribution in [3.05, 3.63) is 299 Å². The second-order valence-electron chi connectivity index (χ2n) is 18.6. The van der Waals surface area contributed by atoms with Crippen molar-refractivity contribution in [1.29, 1.82) is 0 Å². The molecular formula is C64H57N5O. The van der Waals surface area contributed by atoms with E-state index in [1.54, 1.807) is 0 Å². The molecule has 2 aromatic heterocycles.